The molecule has 0 amide bonds. The Hall–Kier alpha value is -0.570. The largest absolute Gasteiger partial charge is 0.399 e. The van der Waals surface area contributed by atoms with E-state index in [-0.39, 0.29) is 4.90 Å². The maximum atomic E-state index is 11.5. The molecule has 1 saturated heterocycles. The Balaban J connectivity index is 2.11. The Kier molecular flexibility index (Phi) is 4.88. The molecule has 1 aromatic carbocycles. The molecule has 1 fully saturated rings. The van der Waals surface area contributed by atoms with Gasteiger partial charge in [0, 0.05) is 34.7 Å². The highest BCUT2D eigenvalue weighted by Crippen LogP contribution is 2.26. The second kappa shape index (κ2) is 6.25. The Morgan fingerprint density at radius 1 is 1.37 bits per heavy atom. The van der Waals surface area contributed by atoms with Crippen molar-refractivity contribution in [1.82, 2.24) is 0 Å². The molecule has 5 nitrogen and oxygen atoms in total. The number of nitrogens with one attached hydrogen (secondary N) is 1. The van der Waals surface area contributed by atoms with Crippen LogP contribution >= 0.6 is 23.5 Å². The van der Waals surface area contributed by atoms with Crippen molar-refractivity contribution in [1.29, 1.82) is 0 Å². The third kappa shape index (κ3) is 4.20. The highest BCUT2D eigenvalue weighted by atomic mass is 32.2. The fourth-order valence-electron chi connectivity index (χ4n) is 1.80. The van der Waals surface area contributed by atoms with Crippen molar-refractivity contribution in [3.63, 3.8) is 0 Å². The van der Waals surface area contributed by atoms with E-state index < -0.39 is 10.0 Å². The predicted molar refractivity (Wildman–Crippen MR) is 84.3 cm³/mol. The fraction of sp³-hybridized carbons (Fsp3) is 0.455. The van der Waals surface area contributed by atoms with Crippen molar-refractivity contribution in [2.75, 3.05) is 34.9 Å². The van der Waals surface area contributed by atoms with Gasteiger partial charge in [-0.2, -0.15) is 23.5 Å². The Bertz CT molecular complexity index is 542. The molecule has 0 aliphatic carbocycles. The summed E-state index contributed by atoms with van der Waals surface area (Å²) in [5, 5.41) is 8.86. The van der Waals surface area contributed by atoms with Crippen LogP contribution in [0.2, 0.25) is 0 Å². The molecule has 0 saturated carbocycles. The van der Waals surface area contributed by atoms with E-state index in [4.69, 9.17) is 10.9 Å². The highest BCUT2D eigenvalue weighted by Gasteiger charge is 2.17. The number of rotatable bonds is 4. The normalized spacial score (nSPS) is 20.2. The average molecular weight is 319 g/mol. The molecular formula is C11H17N3O2S3. The average Bonchev–Trinajstić information content (AvgIpc) is 2.37. The lowest BCUT2D eigenvalue weighted by Crippen LogP contribution is -2.24. The van der Waals surface area contributed by atoms with Crippen LogP contribution in [-0.2, 0) is 10.0 Å². The van der Waals surface area contributed by atoms with Gasteiger partial charge in [0.25, 0.3) is 0 Å². The van der Waals surface area contributed by atoms with E-state index in [0.29, 0.717) is 16.6 Å². The summed E-state index contributed by atoms with van der Waals surface area (Å²) in [5.74, 6) is 3.41. The molecule has 1 aromatic rings. The first-order chi connectivity index (χ1) is 8.97. The molecule has 8 heteroatoms. The van der Waals surface area contributed by atoms with E-state index in [1.807, 2.05) is 23.5 Å². The molecule has 0 spiro atoms. The van der Waals surface area contributed by atoms with Crippen LogP contribution in [0.4, 0.5) is 11.4 Å². The van der Waals surface area contributed by atoms with Crippen LogP contribution in [0.1, 0.15) is 0 Å². The molecule has 1 unspecified atom stereocenters. The van der Waals surface area contributed by atoms with Crippen LogP contribution in [0.25, 0.3) is 0 Å². The fourth-order valence-corrected chi connectivity index (χ4v) is 5.16. The minimum absolute atomic E-state index is 0.0564. The minimum Gasteiger partial charge on any atom is -0.399 e. The van der Waals surface area contributed by atoms with Crippen molar-refractivity contribution in [2.24, 2.45) is 5.14 Å². The maximum absolute atomic E-state index is 11.5. The zero-order chi connectivity index (χ0) is 13.9. The first-order valence-corrected chi connectivity index (χ1v) is 9.57. The summed E-state index contributed by atoms with van der Waals surface area (Å²) in [6, 6.07) is 4.72. The van der Waals surface area contributed by atoms with Gasteiger partial charge < -0.3 is 11.1 Å². The van der Waals surface area contributed by atoms with E-state index in [2.05, 4.69) is 5.32 Å². The highest BCUT2D eigenvalue weighted by molar-refractivity contribution is 8.06. The quantitative estimate of drug-likeness (QED) is 0.721. The summed E-state index contributed by atoms with van der Waals surface area (Å²) in [4.78, 5) is 0.0564. The molecule has 19 heavy (non-hydrogen) atoms. The van der Waals surface area contributed by atoms with Gasteiger partial charge in [-0.25, -0.2) is 13.6 Å². The molecule has 1 aliphatic heterocycles. The molecule has 2 rings (SSSR count). The van der Waals surface area contributed by atoms with Gasteiger partial charge >= 0.3 is 0 Å². The monoisotopic (exact) mass is 319 g/mol. The number of hydrogen-bond acceptors (Lipinski definition) is 6. The molecule has 1 heterocycles. The number of sulfonamides is 1. The van der Waals surface area contributed by atoms with Gasteiger partial charge in [0.1, 0.15) is 4.90 Å². The molecule has 0 aromatic heterocycles. The number of thioether (sulfide) groups is 2. The van der Waals surface area contributed by atoms with Gasteiger partial charge in [0.15, 0.2) is 0 Å². The Labute approximate surface area is 121 Å². The van der Waals surface area contributed by atoms with E-state index in [1.54, 1.807) is 12.1 Å². The maximum Gasteiger partial charge on any atom is 0.240 e. The van der Waals surface area contributed by atoms with Crippen molar-refractivity contribution >= 4 is 44.9 Å². The summed E-state index contributed by atoms with van der Waals surface area (Å²) in [6.45, 7) is 0.726. The van der Waals surface area contributed by atoms with E-state index in [1.165, 1.54) is 11.8 Å². The lowest BCUT2D eigenvalue weighted by molar-refractivity contribution is 0.598. The summed E-state index contributed by atoms with van der Waals surface area (Å²) in [7, 11) is -3.76. The Morgan fingerprint density at radius 3 is 2.79 bits per heavy atom. The number of nitrogen functional groups attached to an aromatic ring is 1. The third-order valence-electron chi connectivity index (χ3n) is 2.72. The molecule has 0 bridgehead atoms. The van der Waals surface area contributed by atoms with E-state index >= 15 is 0 Å². The first-order valence-electron chi connectivity index (χ1n) is 5.82. The standard InChI is InChI=1S/C11H17N3O2S3/c12-8-1-2-10(11(5-8)19(13,15)16)14-6-9-7-17-3-4-18-9/h1-2,5,9,14H,3-4,6-7,12H2,(H2,13,15,16). The predicted octanol–water partition coefficient (Wildman–Crippen LogP) is 1.18. The lowest BCUT2D eigenvalue weighted by Gasteiger charge is -2.22. The molecule has 0 radical (unpaired) electrons. The van der Waals surface area contributed by atoms with Gasteiger partial charge in [-0.15, -0.1) is 0 Å². The Morgan fingerprint density at radius 2 is 2.16 bits per heavy atom. The smallest absolute Gasteiger partial charge is 0.240 e. The second-order valence-electron chi connectivity index (χ2n) is 4.25. The topological polar surface area (TPSA) is 98.2 Å². The molecule has 1 atom stereocenters. The van der Waals surface area contributed by atoms with E-state index in [9.17, 15) is 8.42 Å². The molecule has 106 valence electrons. The van der Waals surface area contributed by atoms with Gasteiger partial charge in [0.2, 0.25) is 10.0 Å². The first kappa shape index (κ1) is 14.8. The number of nitrogens with two attached hydrogens (primary N) is 2. The van der Waals surface area contributed by atoms with E-state index in [0.717, 1.165) is 18.1 Å². The van der Waals surface area contributed by atoms with Crippen LogP contribution < -0.4 is 16.2 Å². The van der Waals surface area contributed by atoms with Crippen LogP contribution in [0.3, 0.4) is 0 Å². The van der Waals surface area contributed by atoms with Crippen molar-refractivity contribution < 1.29 is 8.42 Å². The van der Waals surface area contributed by atoms with Crippen molar-refractivity contribution in [3.8, 4) is 0 Å². The van der Waals surface area contributed by atoms with Crippen LogP contribution in [0.5, 0.6) is 0 Å². The zero-order valence-electron chi connectivity index (χ0n) is 10.3. The van der Waals surface area contributed by atoms with Gasteiger partial charge in [-0.1, -0.05) is 0 Å². The summed E-state index contributed by atoms with van der Waals surface area (Å²) in [5.41, 5.74) is 6.52. The van der Waals surface area contributed by atoms with Crippen LogP contribution in [0.15, 0.2) is 23.1 Å². The number of anilines is 2. The zero-order valence-corrected chi connectivity index (χ0v) is 12.8. The van der Waals surface area contributed by atoms with Crippen LogP contribution in [0, 0.1) is 0 Å². The molecular weight excluding hydrogens is 302 g/mol. The molecule has 1 aliphatic rings. The number of primary sulfonamides is 1. The van der Waals surface area contributed by atoms with Crippen molar-refractivity contribution in [3.05, 3.63) is 18.2 Å². The third-order valence-corrected chi connectivity index (χ3v) is 6.51. The van der Waals surface area contributed by atoms with Crippen LogP contribution in [-0.4, -0.2) is 37.5 Å². The summed E-state index contributed by atoms with van der Waals surface area (Å²) < 4.78 is 23.1. The van der Waals surface area contributed by atoms with Gasteiger partial charge in [-0.05, 0) is 18.2 Å². The van der Waals surface area contributed by atoms with Gasteiger partial charge in [0.05, 0.1) is 5.69 Å². The SMILES string of the molecule is Nc1ccc(NCC2CSCCS2)c(S(N)(=O)=O)c1. The number of benzene rings is 1. The minimum atomic E-state index is -3.76. The summed E-state index contributed by atoms with van der Waals surface area (Å²) >= 11 is 3.84. The lowest BCUT2D eigenvalue weighted by atomic mass is 10.3. The molecule has 5 N–H and O–H groups in total. The van der Waals surface area contributed by atoms with Crippen molar-refractivity contribution in [2.45, 2.75) is 10.1 Å². The second-order valence-corrected chi connectivity index (χ2v) is 8.34. The summed E-state index contributed by atoms with van der Waals surface area (Å²) in [6.07, 6.45) is 0. The number of hydrogen-bond donors (Lipinski definition) is 3. The van der Waals surface area contributed by atoms with Gasteiger partial charge in [-0.3, -0.25) is 0 Å².